The monoisotopic (exact) mass is 282 g/mol. The molecule has 0 radical (unpaired) electrons. The van der Waals surface area contributed by atoms with Crippen LogP contribution in [0.3, 0.4) is 0 Å². The molecule has 100 valence electrons. The summed E-state index contributed by atoms with van der Waals surface area (Å²) < 4.78 is 26.9. The van der Waals surface area contributed by atoms with Gasteiger partial charge in [0.15, 0.2) is 0 Å². The van der Waals surface area contributed by atoms with Gasteiger partial charge < -0.3 is 0 Å². The predicted octanol–water partition coefficient (Wildman–Crippen LogP) is 3.37. The zero-order chi connectivity index (χ0) is 13.8. The number of benzene rings is 2. The molecule has 1 unspecified atom stereocenters. The Balaban J connectivity index is 2.27. The minimum absolute atomic E-state index is 0.333. The third-order valence-corrected chi connectivity index (χ3v) is 3.10. The predicted molar refractivity (Wildman–Crippen MR) is 71.6 cm³/mol. The molecule has 0 saturated heterocycles. The number of rotatable bonds is 4. The largest absolute Gasteiger partial charge is 0.271 e. The van der Waals surface area contributed by atoms with E-state index in [1.807, 2.05) is 0 Å². The maximum absolute atomic E-state index is 13.8. The van der Waals surface area contributed by atoms with Gasteiger partial charge in [-0.15, -0.1) is 0 Å². The van der Waals surface area contributed by atoms with E-state index in [2.05, 4.69) is 5.43 Å². The fraction of sp³-hybridized carbons (Fsp3) is 0.143. The van der Waals surface area contributed by atoms with Crippen molar-refractivity contribution in [2.75, 3.05) is 0 Å². The average Bonchev–Trinajstić information content (AvgIpc) is 2.39. The lowest BCUT2D eigenvalue weighted by Crippen LogP contribution is -2.30. The number of halogens is 3. The Bertz CT molecular complexity index is 575. The number of nitrogens with two attached hydrogens (primary N) is 1. The summed E-state index contributed by atoms with van der Waals surface area (Å²) in [5, 5.41) is 0.427. The summed E-state index contributed by atoms with van der Waals surface area (Å²) in [4.78, 5) is 0. The van der Waals surface area contributed by atoms with Crippen LogP contribution in [0.5, 0.6) is 0 Å². The zero-order valence-corrected chi connectivity index (χ0v) is 10.8. The molecule has 0 bridgehead atoms. The molecule has 1 atom stereocenters. The first-order chi connectivity index (χ1) is 9.10. The van der Waals surface area contributed by atoms with E-state index in [0.717, 1.165) is 5.56 Å². The highest BCUT2D eigenvalue weighted by atomic mass is 35.5. The summed E-state index contributed by atoms with van der Waals surface area (Å²) in [6, 6.07) is 9.91. The zero-order valence-electron chi connectivity index (χ0n) is 10.0. The van der Waals surface area contributed by atoms with E-state index in [9.17, 15) is 8.78 Å². The lowest BCUT2D eigenvalue weighted by atomic mass is 9.99. The van der Waals surface area contributed by atoms with Crippen molar-refractivity contribution < 1.29 is 8.78 Å². The van der Waals surface area contributed by atoms with E-state index in [4.69, 9.17) is 17.4 Å². The van der Waals surface area contributed by atoms with Gasteiger partial charge in [0.05, 0.1) is 6.04 Å². The normalized spacial score (nSPS) is 12.4. The third-order valence-electron chi connectivity index (χ3n) is 2.86. The van der Waals surface area contributed by atoms with Crippen molar-refractivity contribution in [2.24, 2.45) is 5.84 Å². The Labute approximate surface area is 115 Å². The van der Waals surface area contributed by atoms with Crippen molar-refractivity contribution in [1.29, 1.82) is 0 Å². The van der Waals surface area contributed by atoms with Gasteiger partial charge in [0.25, 0.3) is 0 Å². The van der Waals surface area contributed by atoms with E-state index in [1.165, 1.54) is 30.3 Å². The molecular weight excluding hydrogens is 270 g/mol. The van der Waals surface area contributed by atoms with Gasteiger partial charge in [0.2, 0.25) is 0 Å². The average molecular weight is 283 g/mol. The van der Waals surface area contributed by atoms with Crippen LogP contribution in [0.25, 0.3) is 0 Å². The SMILES string of the molecule is NNC(Cc1cccc(F)c1)c1cc(Cl)ccc1F. The molecule has 0 aromatic heterocycles. The van der Waals surface area contributed by atoms with E-state index in [1.54, 1.807) is 12.1 Å². The van der Waals surface area contributed by atoms with Crippen molar-refractivity contribution in [2.45, 2.75) is 12.5 Å². The van der Waals surface area contributed by atoms with Gasteiger partial charge in [0, 0.05) is 10.6 Å². The van der Waals surface area contributed by atoms with E-state index in [0.29, 0.717) is 17.0 Å². The van der Waals surface area contributed by atoms with Crippen LogP contribution in [0, 0.1) is 11.6 Å². The summed E-state index contributed by atoms with van der Waals surface area (Å²) in [7, 11) is 0. The highest BCUT2D eigenvalue weighted by Crippen LogP contribution is 2.24. The van der Waals surface area contributed by atoms with Crippen LogP contribution in [-0.2, 0) is 6.42 Å². The number of hydrogen-bond acceptors (Lipinski definition) is 2. The molecule has 3 N–H and O–H groups in total. The van der Waals surface area contributed by atoms with E-state index < -0.39 is 11.9 Å². The highest BCUT2D eigenvalue weighted by Gasteiger charge is 2.15. The van der Waals surface area contributed by atoms with Crippen LogP contribution in [-0.4, -0.2) is 0 Å². The topological polar surface area (TPSA) is 38.0 Å². The Morgan fingerprint density at radius 2 is 1.95 bits per heavy atom. The maximum atomic E-state index is 13.8. The van der Waals surface area contributed by atoms with Crippen molar-refractivity contribution in [3.63, 3.8) is 0 Å². The number of hydrogen-bond donors (Lipinski definition) is 2. The van der Waals surface area contributed by atoms with Gasteiger partial charge in [0.1, 0.15) is 11.6 Å². The van der Waals surface area contributed by atoms with Crippen LogP contribution >= 0.6 is 11.6 Å². The van der Waals surface area contributed by atoms with Crippen molar-refractivity contribution >= 4 is 11.6 Å². The summed E-state index contributed by atoms with van der Waals surface area (Å²) in [6.07, 6.45) is 0.367. The van der Waals surface area contributed by atoms with Gasteiger partial charge in [-0.1, -0.05) is 23.7 Å². The molecule has 0 heterocycles. The lowest BCUT2D eigenvalue weighted by Gasteiger charge is -2.17. The van der Waals surface area contributed by atoms with Gasteiger partial charge in [-0.3, -0.25) is 11.3 Å². The molecule has 0 fully saturated rings. The summed E-state index contributed by atoms with van der Waals surface area (Å²) >= 11 is 5.85. The highest BCUT2D eigenvalue weighted by molar-refractivity contribution is 6.30. The van der Waals surface area contributed by atoms with Gasteiger partial charge in [-0.05, 0) is 42.3 Å². The molecule has 0 spiro atoms. The fourth-order valence-corrected chi connectivity index (χ4v) is 2.12. The van der Waals surface area contributed by atoms with Crippen LogP contribution in [0.2, 0.25) is 5.02 Å². The van der Waals surface area contributed by atoms with Gasteiger partial charge in [-0.2, -0.15) is 0 Å². The van der Waals surface area contributed by atoms with Gasteiger partial charge in [-0.25, -0.2) is 8.78 Å². The van der Waals surface area contributed by atoms with E-state index >= 15 is 0 Å². The van der Waals surface area contributed by atoms with Crippen LogP contribution < -0.4 is 11.3 Å². The first-order valence-corrected chi connectivity index (χ1v) is 6.13. The first-order valence-electron chi connectivity index (χ1n) is 5.75. The standard InChI is InChI=1S/C14H13ClF2N2/c15-10-4-5-13(17)12(8-10)14(19-18)7-9-2-1-3-11(16)6-9/h1-6,8,14,19H,7,18H2. The third kappa shape index (κ3) is 3.50. The Morgan fingerprint density at radius 3 is 2.63 bits per heavy atom. The molecule has 0 aliphatic rings. The Hall–Kier alpha value is -1.49. The summed E-state index contributed by atoms with van der Waals surface area (Å²) in [5.41, 5.74) is 3.62. The summed E-state index contributed by atoms with van der Waals surface area (Å²) in [5.74, 6) is 4.72. The summed E-state index contributed by atoms with van der Waals surface area (Å²) in [6.45, 7) is 0. The second-order valence-electron chi connectivity index (χ2n) is 4.22. The molecule has 19 heavy (non-hydrogen) atoms. The number of nitrogens with one attached hydrogen (secondary N) is 1. The van der Waals surface area contributed by atoms with Crippen molar-refractivity contribution in [1.82, 2.24) is 5.43 Å². The number of hydrazine groups is 1. The van der Waals surface area contributed by atoms with Crippen LogP contribution in [0.15, 0.2) is 42.5 Å². The minimum atomic E-state index is -0.472. The van der Waals surface area contributed by atoms with E-state index in [-0.39, 0.29) is 5.82 Å². The molecular formula is C14H13ClF2N2. The molecule has 0 amide bonds. The first kappa shape index (κ1) is 13.9. The molecule has 2 rings (SSSR count). The molecule has 2 aromatic carbocycles. The minimum Gasteiger partial charge on any atom is -0.271 e. The maximum Gasteiger partial charge on any atom is 0.128 e. The quantitative estimate of drug-likeness (QED) is 0.666. The molecule has 5 heteroatoms. The van der Waals surface area contributed by atoms with Crippen molar-refractivity contribution in [3.8, 4) is 0 Å². The second kappa shape index (κ2) is 6.10. The Morgan fingerprint density at radius 1 is 1.16 bits per heavy atom. The second-order valence-corrected chi connectivity index (χ2v) is 4.66. The molecule has 0 aliphatic carbocycles. The van der Waals surface area contributed by atoms with Gasteiger partial charge >= 0.3 is 0 Å². The van der Waals surface area contributed by atoms with Crippen molar-refractivity contribution in [3.05, 3.63) is 70.2 Å². The molecule has 0 aliphatic heterocycles. The molecule has 0 saturated carbocycles. The Kier molecular flexibility index (Phi) is 4.47. The van der Waals surface area contributed by atoms with Crippen LogP contribution in [0.1, 0.15) is 17.2 Å². The molecule has 2 aromatic rings. The molecule has 2 nitrogen and oxygen atoms in total. The van der Waals surface area contributed by atoms with Crippen LogP contribution in [0.4, 0.5) is 8.78 Å². The smallest absolute Gasteiger partial charge is 0.128 e. The fourth-order valence-electron chi connectivity index (χ4n) is 1.94. The lowest BCUT2D eigenvalue weighted by molar-refractivity contribution is 0.509.